The lowest BCUT2D eigenvalue weighted by atomic mass is 9.76. The molecule has 0 atom stereocenters. The van der Waals surface area contributed by atoms with Crippen LogP contribution in [-0.4, -0.2) is 66.2 Å². The zero-order valence-corrected chi connectivity index (χ0v) is 24.4. The number of methoxy groups -OCH3 is 4. The quantitative estimate of drug-likeness (QED) is 0.106. The number of rotatable bonds is 18. The van der Waals surface area contributed by atoms with Crippen LogP contribution in [0.4, 0.5) is 0 Å². The number of esters is 1. The van der Waals surface area contributed by atoms with E-state index in [4.69, 9.17) is 33.2 Å². The van der Waals surface area contributed by atoms with Crippen LogP contribution in [0.15, 0.2) is 48.6 Å². The van der Waals surface area contributed by atoms with Crippen LogP contribution in [0.1, 0.15) is 37.8 Å². The minimum Gasteiger partial charge on any atom is -0.493 e. The van der Waals surface area contributed by atoms with Gasteiger partial charge in [0.05, 0.1) is 26.2 Å². The van der Waals surface area contributed by atoms with Gasteiger partial charge in [-0.1, -0.05) is 24.3 Å². The molecule has 0 saturated carbocycles. The van der Waals surface area contributed by atoms with Gasteiger partial charge in [0, 0.05) is 20.6 Å². The van der Waals surface area contributed by atoms with Gasteiger partial charge in [-0.25, -0.2) is 0 Å². The Morgan fingerprint density at radius 2 is 1.20 bits per heavy atom. The summed E-state index contributed by atoms with van der Waals surface area (Å²) in [5.74, 6) is 0.455. The molecule has 0 saturated heterocycles. The summed E-state index contributed by atoms with van der Waals surface area (Å²) in [5, 5.41) is 0. The van der Waals surface area contributed by atoms with Gasteiger partial charge in [0.15, 0.2) is 48.2 Å². The molecule has 0 unspecified atom stereocenters. The van der Waals surface area contributed by atoms with Gasteiger partial charge in [0.25, 0.3) is 0 Å². The lowest BCUT2D eigenvalue weighted by molar-refractivity contribution is -0.144. The lowest BCUT2D eigenvalue weighted by Crippen LogP contribution is -2.35. The number of benzene rings is 2. The first-order valence-corrected chi connectivity index (χ1v) is 12.9. The van der Waals surface area contributed by atoms with Crippen LogP contribution in [0.2, 0.25) is 0 Å². The summed E-state index contributed by atoms with van der Waals surface area (Å²) in [7, 11) is 6.02. The van der Waals surface area contributed by atoms with Crippen LogP contribution in [0.5, 0.6) is 23.0 Å². The predicted molar refractivity (Wildman–Crippen MR) is 153 cm³/mol. The number of ether oxygens (including phenoxy) is 7. The maximum atomic E-state index is 13.5. The molecule has 0 spiro atoms. The zero-order chi connectivity index (χ0) is 30.3. The second-order valence-corrected chi connectivity index (χ2v) is 8.95. The molecule has 0 aliphatic rings. The first-order valence-electron chi connectivity index (χ1n) is 12.9. The van der Waals surface area contributed by atoms with Gasteiger partial charge in [-0.2, -0.15) is 0 Å². The van der Waals surface area contributed by atoms with E-state index in [1.165, 1.54) is 47.5 Å². The van der Waals surface area contributed by atoms with Crippen molar-refractivity contribution in [3.8, 4) is 23.0 Å². The van der Waals surface area contributed by atoms with Gasteiger partial charge < -0.3 is 33.2 Å². The summed E-state index contributed by atoms with van der Waals surface area (Å²) in [5.41, 5.74) is -0.214. The van der Waals surface area contributed by atoms with Crippen molar-refractivity contribution in [3.05, 3.63) is 59.7 Å². The first kappa shape index (κ1) is 33.1. The van der Waals surface area contributed by atoms with Gasteiger partial charge in [0.2, 0.25) is 0 Å². The minimum absolute atomic E-state index is 0.0294. The molecule has 10 heteroatoms. The van der Waals surface area contributed by atoms with Gasteiger partial charge >= 0.3 is 5.97 Å². The highest BCUT2D eigenvalue weighted by atomic mass is 16.7. The van der Waals surface area contributed by atoms with Gasteiger partial charge in [0.1, 0.15) is 0 Å². The van der Waals surface area contributed by atoms with Crippen molar-refractivity contribution in [1.29, 1.82) is 0 Å². The molecule has 41 heavy (non-hydrogen) atoms. The zero-order valence-electron chi connectivity index (χ0n) is 24.4. The average molecular weight is 571 g/mol. The smallest absolute Gasteiger partial charge is 0.305 e. The van der Waals surface area contributed by atoms with Crippen molar-refractivity contribution >= 4 is 29.7 Å². The monoisotopic (exact) mass is 570 g/mol. The molecule has 2 aromatic carbocycles. The van der Waals surface area contributed by atoms with E-state index in [0.29, 0.717) is 34.1 Å². The largest absolute Gasteiger partial charge is 0.493 e. The molecule has 0 heterocycles. The predicted octanol–water partition coefficient (Wildman–Crippen LogP) is 4.88. The van der Waals surface area contributed by atoms with E-state index >= 15 is 0 Å². The van der Waals surface area contributed by atoms with E-state index in [1.807, 2.05) is 0 Å². The van der Waals surface area contributed by atoms with Crippen LogP contribution >= 0.6 is 0 Å². The molecule has 222 valence electrons. The fourth-order valence-corrected chi connectivity index (χ4v) is 3.72. The molecular weight excluding hydrogens is 532 g/mol. The highest BCUT2D eigenvalue weighted by Gasteiger charge is 2.38. The lowest BCUT2D eigenvalue weighted by Gasteiger charge is -2.23. The Balaban J connectivity index is 2.31. The second kappa shape index (κ2) is 16.8. The van der Waals surface area contributed by atoms with E-state index in [9.17, 15) is 14.4 Å². The molecule has 0 aliphatic heterocycles. The Morgan fingerprint density at radius 1 is 0.732 bits per heavy atom. The van der Waals surface area contributed by atoms with Crippen molar-refractivity contribution in [2.24, 2.45) is 5.41 Å². The molecule has 2 rings (SSSR count). The standard InChI is InChI=1S/C31H38O10/c1-7-39-30(34)16-17-31(2,28(32)14-10-22-8-12-24(40-20-35-3)26(18-22)37-5)29(33)15-11-23-9-13-25(41-21-36-4)27(19-23)38-6/h8-15,18-19H,7,16-17,20-21H2,1-6H3/b14-10+,15-11+. The van der Waals surface area contributed by atoms with Gasteiger partial charge in [-0.15, -0.1) is 0 Å². The molecule has 0 aromatic heterocycles. The Bertz CT molecular complexity index is 1150. The Morgan fingerprint density at radius 3 is 1.59 bits per heavy atom. The van der Waals surface area contributed by atoms with Gasteiger partial charge in [-0.3, -0.25) is 14.4 Å². The van der Waals surface area contributed by atoms with E-state index < -0.39 is 23.0 Å². The summed E-state index contributed by atoms with van der Waals surface area (Å²) in [6, 6.07) is 10.2. The fourth-order valence-electron chi connectivity index (χ4n) is 3.72. The summed E-state index contributed by atoms with van der Waals surface area (Å²) in [6.07, 6.45) is 5.68. The number of hydrogen-bond donors (Lipinski definition) is 0. The molecule has 0 aliphatic carbocycles. The molecule has 0 radical (unpaired) electrons. The van der Waals surface area contributed by atoms with Crippen LogP contribution < -0.4 is 18.9 Å². The van der Waals surface area contributed by atoms with Crippen LogP contribution in [0, 0.1) is 5.41 Å². The van der Waals surface area contributed by atoms with Crippen LogP contribution in [0.25, 0.3) is 12.2 Å². The molecule has 0 N–H and O–H groups in total. The van der Waals surface area contributed by atoms with E-state index in [0.717, 1.165) is 0 Å². The third-order valence-electron chi connectivity index (χ3n) is 6.12. The topological polar surface area (TPSA) is 116 Å². The van der Waals surface area contributed by atoms with Crippen molar-refractivity contribution < 1.29 is 47.5 Å². The number of carbonyl (C=O) groups excluding carboxylic acids is 3. The highest BCUT2D eigenvalue weighted by molar-refractivity contribution is 6.17. The Hall–Kier alpha value is -4.15. The SMILES string of the molecule is CCOC(=O)CCC(C)(C(=O)/C=C/c1ccc(OCOC)c(OC)c1)C(=O)/C=C/c1ccc(OCOC)c(OC)c1. The van der Waals surface area contributed by atoms with E-state index in [1.54, 1.807) is 55.5 Å². The maximum Gasteiger partial charge on any atom is 0.305 e. The second-order valence-electron chi connectivity index (χ2n) is 8.95. The summed E-state index contributed by atoms with van der Waals surface area (Å²) in [4.78, 5) is 39.0. The van der Waals surface area contributed by atoms with Crippen molar-refractivity contribution in [1.82, 2.24) is 0 Å². The first-order chi connectivity index (χ1) is 19.7. The molecular formula is C31H38O10. The highest BCUT2D eigenvalue weighted by Crippen LogP contribution is 2.32. The average Bonchev–Trinajstić information content (AvgIpc) is 2.99. The van der Waals surface area contributed by atoms with Crippen molar-refractivity contribution in [2.45, 2.75) is 26.7 Å². The molecule has 0 amide bonds. The van der Waals surface area contributed by atoms with Crippen molar-refractivity contribution in [3.63, 3.8) is 0 Å². The molecule has 0 fully saturated rings. The Labute approximate surface area is 240 Å². The van der Waals surface area contributed by atoms with E-state index in [-0.39, 0.29) is 33.0 Å². The number of allylic oxidation sites excluding steroid dienone is 2. The number of carbonyl (C=O) groups is 3. The van der Waals surface area contributed by atoms with Crippen LogP contribution in [0.3, 0.4) is 0 Å². The number of hydrogen-bond acceptors (Lipinski definition) is 10. The third-order valence-corrected chi connectivity index (χ3v) is 6.12. The van der Waals surface area contributed by atoms with Crippen LogP contribution in [-0.2, 0) is 28.6 Å². The summed E-state index contributed by atoms with van der Waals surface area (Å²) in [6.45, 7) is 3.53. The Kier molecular flexibility index (Phi) is 13.6. The molecule has 2 aromatic rings. The maximum absolute atomic E-state index is 13.5. The summed E-state index contributed by atoms with van der Waals surface area (Å²) >= 11 is 0. The number of ketones is 2. The van der Waals surface area contributed by atoms with Gasteiger partial charge in [-0.05, 0) is 67.8 Å². The summed E-state index contributed by atoms with van der Waals surface area (Å²) < 4.78 is 36.5. The van der Waals surface area contributed by atoms with E-state index in [2.05, 4.69) is 0 Å². The normalized spacial score (nSPS) is 11.5. The minimum atomic E-state index is -1.52. The molecule has 10 nitrogen and oxygen atoms in total. The molecule has 0 bridgehead atoms. The van der Waals surface area contributed by atoms with Crippen molar-refractivity contribution in [2.75, 3.05) is 48.6 Å². The fraction of sp³-hybridized carbons (Fsp3) is 0.387. The third kappa shape index (κ3) is 9.77.